The molecule has 0 aliphatic heterocycles. The minimum atomic E-state index is -1.08. The summed E-state index contributed by atoms with van der Waals surface area (Å²) in [5.74, 6) is -0.814. The van der Waals surface area contributed by atoms with Gasteiger partial charge in [-0.25, -0.2) is 0 Å². The standard InChI is InChI=1S/C19H23NO2/c1-4-17(20(2)3)19(18(21)22,15-11-7-5-8-12-15)16-13-9-6-10-14-16/h5-14,17H,4H2,1-3H3,(H,21,22). The van der Waals surface area contributed by atoms with Crippen LogP contribution < -0.4 is 0 Å². The molecule has 0 saturated carbocycles. The molecule has 3 nitrogen and oxygen atoms in total. The third-order valence-corrected chi connectivity index (χ3v) is 4.31. The molecule has 116 valence electrons. The van der Waals surface area contributed by atoms with Gasteiger partial charge in [-0.05, 0) is 31.6 Å². The van der Waals surface area contributed by atoms with Gasteiger partial charge in [0.05, 0.1) is 0 Å². The van der Waals surface area contributed by atoms with Gasteiger partial charge >= 0.3 is 5.97 Å². The predicted molar refractivity (Wildman–Crippen MR) is 89.1 cm³/mol. The van der Waals surface area contributed by atoms with Crippen LogP contribution in [0.3, 0.4) is 0 Å². The summed E-state index contributed by atoms with van der Waals surface area (Å²) in [5, 5.41) is 10.3. The van der Waals surface area contributed by atoms with Gasteiger partial charge in [0.1, 0.15) is 5.41 Å². The summed E-state index contributed by atoms with van der Waals surface area (Å²) in [6.45, 7) is 2.04. The lowest BCUT2D eigenvalue weighted by atomic mass is 9.67. The van der Waals surface area contributed by atoms with Crippen molar-refractivity contribution in [2.75, 3.05) is 14.1 Å². The van der Waals surface area contributed by atoms with Crippen LogP contribution in [0.5, 0.6) is 0 Å². The maximum Gasteiger partial charge on any atom is 0.320 e. The van der Waals surface area contributed by atoms with Gasteiger partial charge in [-0.1, -0.05) is 67.6 Å². The topological polar surface area (TPSA) is 40.5 Å². The smallest absolute Gasteiger partial charge is 0.320 e. The van der Waals surface area contributed by atoms with E-state index in [0.29, 0.717) is 0 Å². The van der Waals surface area contributed by atoms with Gasteiger partial charge in [0.15, 0.2) is 0 Å². The molecule has 0 radical (unpaired) electrons. The van der Waals surface area contributed by atoms with Gasteiger partial charge < -0.3 is 10.0 Å². The molecular weight excluding hydrogens is 274 g/mol. The third kappa shape index (κ3) is 2.64. The Morgan fingerprint density at radius 1 is 1.00 bits per heavy atom. The van der Waals surface area contributed by atoms with Gasteiger partial charge in [-0.15, -0.1) is 0 Å². The molecular formula is C19H23NO2. The van der Waals surface area contributed by atoms with Gasteiger partial charge in [0.25, 0.3) is 0 Å². The van der Waals surface area contributed by atoms with Crippen LogP contribution in [0.2, 0.25) is 0 Å². The van der Waals surface area contributed by atoms with Crippen LogP contribution in [0.15, 0.2) is 60.7 Å². The molecule has 2 rings (SSSR count). The van der Waals surface area contributed by atoms with Crippen LogP contribution in [0.25, 0.3) is 0 Å². The van der Waals surface area contributed by atoms with Crippen molar-refractivity contribution < 1.29 is 9.90 Å². The van der Waals surface area contributed by atoms with Crippen LogP contribution in [0.1, 0.15) is 24.5 Å². The highest BCUT2D eigenvalue weighted by Crippen LogP contribution is 2.39. The van der Waals surface area contributed by atoms with Gasteiger partial charge in [-0.3, -0.25) is 4.79 Å². The Bertz CT molecular complexity index is 568. The van der Waals surface area contributed by atoms with Gasteiger partial charge in [0.2, 0.25) is 0 Å². The van der Waals surface area contributed by atoms with E-state index < -0.39 is 11.4 Å². The Hall–Kier alpha value is -2.13. The number of rotatable bonds is 6. The minimum absolute atomic E-state index is 0.144. The molecule has 0 aliphatic rings. The van der Waals surface area contributed by atoms with Crippen molar-refractivity contribution in [1.29, 1.82) is 0 Å². The second kappa shape index (κ2) is 6.75. The third-order valence-electron chi connectivity index (χ3n) is 4.31. The van der Waals surface area contributed by atoms with E-state index in [9.17, 15) is 9.90 Å². The SMILES string of the molecule is CCC(N(C)C)C(C(=O)O)(c1ccccc1)c1ccccc1. The van der Waals surface area contributed by atoms with Crippen LogP contribution in [-0.4, -0.2) is 36.1 Å². The zero-order valence-electron chi connectivity index (χ0n) is 13.4. The Labute approximate surface area is 132 Å². The first-order chi connectivity index (χ1) is 10.5. The number of carboxylic acids is 1. The first-order valence-electron chi connectivity index (χ1n) is 7.56. The lowest BCUT2D eigenvalue weighted by Crippen LogP contribution is -2.53. The molecule has 0 fully saturated rings. The van der Waals surface area contributed by atoms with E-state index in [1.165, 1.54) is 0 Å². The van der Waals surface area contributed by atoms with Crippen molar-refractivity contribution >= 4 is 5.97 Å². The Balaban J connectivity index is 2.79. The van der Waals surface area contributed by atoms with Crippen LogP contribution in [0, 0.1) is 0 Å². The van der Waals surface area contributed by atoms with Crippen LogP contribution in [-0.2, 0) is 10.2 Å². The molecule has 0 aliphatic carbocycles. The highest BCUT2D eigenvalue weighted by Gasteiger charge is 2.49. The predicted octanol–water partition coefficient (Wildman–Crippen LogP) is 3.40. The average molecular weight is 297 g/mol. The molecule has 0 aromatic heterocycles. The molecule has 1 N–H and O–H groups in total. The first kappa shape index (κ1) is 16.2. The van der Waals surface area contributed by atoms with E-state index in [4.69, 9.17) is 0 Å². The lowest BCUT2D eigenvalue weighted by molar-refractivity contribution is -0.144. The summed E-state index contributed by atoms with van der Waals surface area (Å²) in [4.78, 5) is 14.5. The van der Waals surface area contributed by atoms with E-state index in [0.717, 1.165) is 17.5 Å². The van der Waals surface area contributed by atoms with E-state index in [2.05, 4.69) is 0 Å². The summed E-state index contributed by atoms with van der Waals surface area (Å²) in [7, 11) is 3.88. The number of carbonyl (C=O) groups is 1. The fraction of sp³-hybridized carbons (Fsp3) is 0.316. The van der Waals surface area contributed by atoms with E-state index in [1.54, 1.807) is 0 Å². The summed E-state index contributed by atoms with van der Waals surface area (Å²) in [5.41, 5.74) is 0.546. The van der Waals surface area contributed by atoms with Crippen molar-refractivity contribution in [3.05, 3.63) is 71.8 Å². The monoisotopic (exact) mass is 297 g/mol. The van der Waals surface area contributed by atoms with Crippen molar-refractivity contribution in [3.63, 3.8) is 0 Å². The van der Waals surface area contributed by atoms with Crippen molar-refractivity contribution in [3.8, 4) is 0 Å². The highest BCUT2D eigenvalue weighted by atomic mass is 16.4. The quantitative estimate of drug-likeness (QED) is 0.888. The number of benzene rings is 2. The van der Waals surface area contributed by atoms with Crippen LogP contribution >= 0.6 is 0 Å². The molecule has 0 saturated heterocycles. The number of hydrogen-bond donors (Lipinski definition) is 1. The summed E-state index contributed by atoms with van der Waals surface area (Å²) >= 11 is 0. The molecule has 0 heterocycles. The minimum Gasteiger partial charge on any atom is -0.480 e. The zero-order valence-corrected chi connectivity index (χ0v) is 13.4. The van der Waals surface area contributed by atoms with E-state index in [-0.39, 0.29) is 6.04 Å². The summed E-state index contributed by atoms with van der Waals surface area (Å²) in [6, 6.07) is 18.9. The number of carboxylic acid groups (broad SMARTS) is 1. The highest BCUT2D eigenvalue weighted by molar-refractivity contribution is 5.87. The molecule has 2 aromatic carbocycles. The van der Waals surface area contributed by atoms with E-state index in [1.807, 2.05) is 86.6 Å². The Morgan fingerprint density at radius 3 is 1.68 bits per heavy atom. The average Bonchev–Trinajstić information content (AvgIpc) is 2.53. The number of aliphatic carboxylic acids is 1. The van der Waals surface area contributed by atoms with Gasteiger partial charge in [-0.2, -0.15) is 0 Å². The lowest BCUT2D eigenvalue weighted by Gasteiger charge is -2.41. The first-order valence-corrected chi connectivity index (χ1v) is 7.56. The molecule has 22 heavy (non-hydrogen) atoms. The zero-order chi connectivity index (χ0) is 16.2. The molecule has 2 aromatic rings. The normalized spacial score (nSPS) is 13.1. The van der Waals surface area contributed by atoms with Crippen LogP contribution in [0.4, 0.5) is 0 Å². The maximum absolute atomic E-state index is 12.5. The fourth-order valence-electron chi connectivity index (χ4n) is 3.40. The van der Waals surface area contributed by atoms with Crippen molar-refractivity contribution in [2.24, 2.45) is 0 Å². The second-order valence-corrected chi connectivity index (χ2v) is 5.73. The Morgan fingerprint density at radius 2 is 1.41 bits per heavy atom. The molecule has 0 bridgehead atoms. The largest absolute Gasteiger partial charge is 0.480 e. The fourth-order valence-corrected chi connectivity index (χ4v) is 3.40. The maximum atomic E-state index is 12.5. The molecule has 0 spiro atoms. The number of hydrogen-bond acceptors (Lipinski definition) is 2. The Kier molecular flexibility index (Phi) is 4.99. The number of likely N-dealkylation sites (N-methyl/N-ethyl adjacent to an activating group) is 1. The number of nitrogens with zero attached hydrogens (tertiary/aromatic N) is 1. The summed E-state index contributed by atoms with van der Waals surface area (Å²) < 4.78 is 0. The molecule has 3 heteroatoms. The molecule has 1 unspecified atom stereocenters. The van der Waals surface area contributed by atoms with Crippen molar-refractivity contribution in [1.82, 2.24) is 4.90 Å². The van der Waals surface area contributed by atoms with E-state index >= 15 is 0 Å². The summed E-state index contributed by atoms with van der Waals surface area (Å²) in [6.07, 6.45) is 0.739. The second-order valence-electron chi connectivity index (χ2n) is 5.73. The van der Waals surface area contributed by atoms with Gasteiger partial charge in [0, 0.05) is 6.04 Å². The molecule has 0 amide bonds. The molecule has 1 atom stereocenters. The van der Waals surface area contributed by atoms with Crippen molar-refractivity contribution in [2.45, 2.75) is 24.8 Å².